The maximum absolute atomic E-state index is 5.17. The molecule has 0 saturated carbocycles. The lowest BCUT2D eigenvalue weighted by atomic mass is 9.89. The van der Waals surface area contributed by atoms with E-state index in [9.17, 15) is 0 Å². The molecule has 0 bridgehead atoms. The van der Waals surface area contributed by atoms with Crippen LogP contribution in [0.15, 0.2) is 10.7 Å². The van der Waals surface area contributed by atoms with Crippen LogP contribution in [0.2, 0.25) is 0 Å². The first kappa shape index (κ1) is 8.56. The van der Waals surface area contributed by atoms with Gasteiger partial charge < -0.3 is 14.5 Å². The molecule has 0 unspecified atom stereocenters. The number of anilines is 1. The lowest BCUT2D eigenvalue weighted by molar-refractivity contribution is -0.0926. The van der Waals surface area contributed by atoms with Crippen LogP contribution >= 0.6 is 0 Å². The third kappa shape index (κ3) is 1.83. The molecule has 4 heteroatoms. The predicted octanol–water partition coefficient (Wildman–Crippen LogP) is 1.43. The summed E-state index contributed by atoms with van der Waals surface area (Å²) in [4.78, 5) is 4.15. The number of hydrogen-bond acceptors (Lipinski definition) is 4. The minimum Gasteiger partial charge on any atom is -0.432 e. The smallest absolute Gasteiger partial charge is 0.294 e. The summed E-state index contributed by atoms with van der Waals surface area (Å²) in [5, 5.41) is 3.15. The van der Waals surface area contributed by atoms with Gasteiger partial charge in [0.15, 0.2) is 0 Å². The van der Waals surface area contributed by atoms with Crippen molar-refractivity contribution in [2.24, 2.45) is 5.41 Å². The molecule has 13 heavy (non-hydrogen) atoms. The fraction of sp³-hybridized carbons (Fsp3) is 0.667. The van der Waals surface area contributed by atoms with Gasteiger partial charge in [0.1, 0.15) is 6.26 Å². The largest absolute Gasteiger partial charge is 0.432 e. The zero-order valence-corrected chi connectivity index (χ0v) is 7.96. The molecule has 0 aromatic carbocycles. The van der Waals surface area contributed by atoms with Gasteiger partial charge in [-0.15, -0.1) is 0 Å². The van der Waals surface area contributed by atoms with E-state index < -0.39 is 0 Å². The molecule has 1 aromatic rings. The van der Waals surface area contributed by atoms with E-state index in [1.165, 1.54) is 0 Å². The zero-order valence-electron chi connectivity index (χ0n) is 7.96. The van der Waals surface area contributed by atoms with Crippen LogP contribution in [-0.2, 0) is 4.74 Å². The summed E-state index contributed by atoms with van der Waals surface area (Å²) >= 11 is 0. The summed E-state index contributed by atoms with van der Waals surface area (Å²) in [6, 6.07) is 0.602. The van der Waals surface area contributed by atoms with Crippen LogP contribution in [0.25, 0.3) is 0 Å². The Morgan fingerprint density at radius 2 is 2.38 bits per heavy atom. The highest BCUT2D eigenvalue weighted by molar-refractivity contribution is 5.21. The second-order valence-corrected chi connectivity index (χ2v) is 3.95. The van der Waals surface area contributed by atoms with E-state index in [1.807, 2.05) is 6.92 Å². The summed E-state index contributed by atoms with van der Waals surface area (Å²) in [5.41, 5.74) is 1.15. The van der Waals surface area contributed by atoms with Gasteiger partial charge in [-0.2, -0.15) is 4.98 Å². The third-order valence-corrected chi connectivity index (χ3v) is 2.19. The van der Waals surface area contributed by atoms with E-state index in [0.29, 0.717) is 6.01 Å². The standard InChI is InChI=1S/C9H14N2O2/c1-7-3-13-8(11-7)10-4-9(2)5-12-6-9/h3H,4-6H2,1-2H3,(H,10,11). The normalized spacial score (nSPS) is 19.5. The zero-order chi connectivity index (χ0) is 9.31. The Morgan fingerprint density at radius 3 is 2.85 bits per heavy atom. The summed E-state index contributed by atoms with van der Waals surface area (Å²) in [5.74, 6) is 0. The van der Waals surface area contributed by atoms with Crippen LogP contribution < -0.4 is 5.32 Å². The number of nitrogens with zero attached hydrogens (tertiary/aromatic N) is 1. The highest BCUT2D eigenvalue weighted by Crippen LogP contribution is 2.26. The lowest BCUT2D eigenvalue weighted by Crippen LogP contribution is -2.45. The number of aryl methyl sites for hydroxylation is 1. The van der Waals surface area contributed by atoms with Crippen molar-refractivity contribution in [1.29, 1.82) is 0 Å². The van der Waals surface area contributed by atoms with E-state index in [-0.39, 0.29) is 5.41 Å². The number of nitrogens with one attached hydrogen (secondary N) is 1. The molecular formula is C9H14N2O2. The van der Waals surface area contributed by atoms with E-state index >= 15 is 0 Å². The molecule has 2 heterocycles. The third-order valence-electron chi connectivity index (χ3n) is 2.19. The first-order chi connectivity index (χ1) is 6.18. The van der Waals surface area contributed by atoms with E-state index in [1.54, 1.807) is 6.26 Å². The molecule has 0 radical (unpaired) electrons. The fourth-order valence-corrected chi connectivity index (χ4v) is 1.28. The van der Waals surface area contributed by atoms with Crippen molar-refractivity contribution in [3.8, 4) is 0 Å². The van der Waals surface area contributed by atoms with E-state index in [0.717, 1.165) is 25.5 Å². The number of aromatic nitrogens is 1. The van der Waals surface area contributed by atoms with Crippen molar-refractivity contribution < 1.29 is 9.15 Å². The molecule has 72 valence electrons. The quantitative estimate of drug-likeness (QED) is 0.768. The molecular weight excluding hydrogens is 168 g/mol. The van der Waals surface area contributed by atoms with Gasteiger partial charge in [-0.25, -0.2) is 0 Å². The molecule has 1 aliphatic heterocycles. The average molecular weight is 182 g/mol. The van der Waals surface area contributed by atoms with Gasteiger partial charge >= 0.3 is 0 Å². The summed E-state index contributed by atoms with van der Waals surface area (Å²) in [6.45, 7) is 6.58. The van der Waals surface area contributed by atoms with Crippen LogP contribution in [0.1, 0.15) is 12.6 Å². The van der Waals surface area contributed by atoms with Crippen molar-refractivity contribution >= 4 is 6.01 Å². The molecule has 4 nitrogen and oxygen atoms in total. The van der Waals surface area contributed by atoms with Crippen molar-refractivity contribution in [2.45, 2.75) is 13.8 Å². The van der Waals surface area contributed by atoms with Gasteiger partial charge in [0, 0.05) is 12.0 Å². The summed E-state index contributed by atoms with van der Waals surface area (Å²) in [7, 11) is 0. The number of oxazole rings is 1. The molecule has 0 atom stereocenters. The van der Waals surface area contributed by atoms with Crippen molar-refractivity contribution in [3.63, 3.8) is 0 Å². The maximum Gasteiger partial charge on any atom is 0.294 e. The Morgan fingerprint density at radius 1 is 1.62 bits per heavy atom. The Kier molecular flexibility index (Phi) is 2.00. The summed E-state index contributed by atoms with van der Waals surface area (Å²) in [6.07, 6.45) is 1.64. The molecule has 0 aliphatic carbocycles. The number of ether oxygens (including phenoxy) is 1. The molecule has 1 aromatic heterocycles. The van der Waals surface area contributed by atoms with Crippen LogP contribution in [0.4, 0.5) is 6.01 Å². The van der Waals surface area contributed by atoms with Crippen molar-refractivity contribution in [2.75, 3.05) is 25.1 Å². The SMILES string of the molecule is Cc1coc(NCC2(C)COC2)n1. The predicted molar refractivity (Wildman–Crippen MR) is 48.7 cm³/mol. The fourth-order valence-electron chi connectivity index (χ4n) is 1.28. The van der Waals surface area contributed by atoms with Gasteiger partial charge in [0.2, 0.25) is 0 Å². The van der Waals surface area contributed by atoms with Gasteiger partial charge in [0.25, 0.3) is 6.01 Å². The first-order valence-corrected chi connectivity index (χ1v) is 4.42. The Labute approximate surface area is 77.3 Å². The topological polar surface area (TPSA) is 47.3 Å². The number of hydrogen-bond donors (Lipinski definition) is 1. The van der Waals surface area contributed by atoms with Gasteiger partial charge in [-0.1, -0.05) is 6.92 Å². The Hall–Kier alpha value is -1.03. The molecule has 1 fully saturated rings. The van der Waals surface area contributed by atoms with Crippen LogP contribution in [0.5, 0.6) is 0 Å². The van der Waals surface area contributed by atoms with Gasteiger partial charge in [-0.3, -0.25) is 0 Å². The van der Waals surface area contributed by atoms with Crippen LogP contribution in [0.3, 0.4) is 0 Å². The monoisotopic (exact) mass is 182 g/mol. The van der Waals surface area contributed by atoms with Crippen LogP contribution in [-0.4, -0.2) is 24.7 Å². The van der Waals surface area contributed by atoms with Crippen molar-refractivity contribution in [3.05, 3.63) is 12.0 Å². The van der Waals surface area contributed by atoms with E-state index in [4.69, 9.17) is 9.15 Å². The second kappa shape index (κ2) is 3.03. The molecule has 1 aliphatic rings. The summed E-state index contributed by atoms with van der Waals surface area (Å²) < 4.78 is 10.3. The van der Waals surface area contributed by atoms with Gasteiger partial charge in [-0.05, 0) is 6.92 Å². The molecule has 0 amide bonds. The molecule has 2 rings (SSSR count). The highest BCUT2D eigenvalue weighted by Gasteiger charge is 2.33. The first-order valence-electron chi connectivity index (χ1n) is 4.42. The molecule has 1 N–H and O–H groups in total. The maximum atomic E-state index is 5.17. The molecule has 0 spiro atoms. The Balaban J connectivity index is 1.85. The van der Waals surface area contributed by atoms with E-state index in [2.05, 4.69) is 17.2 Å². The van der Waals surface area contributed by atoms with Crippen LogP contribution in [0, 0.1) is 12.3 Å². The minimum atomic E-state index is 0.252. The van der Waals surface area contributed by atoms with Crippen molar-refractivity contribution in [1.82, 2.24) is 4.98 Å². The second-order valence-electron chi connectivity index (χ2n) is 3.95. The van der Waals surface area contributed by atoms with Gasteiger partial charge in [0.05, 0.1) is 18.9 Å². The Bertz CT molecular complexity index is 292. The lowest BCUT2D eigenvalue weighted by Gasteiger charge is -2.37. The highest BCUT2D eigenvalue weighted by atomic mass is 16.5. The average Bonchev–Trinajstić information content (AvgIpc) is 2.44. The minimum absolute atomic E-state index is 0.252. The number of rotatable bonds is 3. The molecule has 1 saturated heterocycles.